The summed E-state index contributed by atoms with van der Waals surface area (Å²) in [7, 11) is 0. The highest BCUT2D eigenvalue weighted by atomic mass is 35.5. The highest BCUT2D eigenvalue weighted by Gasteiger charge is 2.22. The number of rotatable bonds is 6. The fourth-order valence-corrected chi connectivity index (χ4v) is 3.37. The number of hydrogen-bond donors (Lipinski definition) is 0. The van der Waals surface area contributed by atoms with Gasteiger partial charge in [0.15, 0.2) is 12.4 Å². The van der Waals surface area contributed by atoms with E-state index in [1.54, 1.807) is 11.1 Å². The van der Waals surface area contributed by atoms with Gasteiger partial charge in [-0.05, 0) is 48.5 Å². The van der Waals surface area contributed by atoms with Gasteiger partial charge in [-0.3, -0.25) is 9.69 Å². The molecule has 1 saturated heterocycles. The molecule has 0 saturated carbocycles. The van der Waals surface area contributed by atoms with E-state index in [4.69, 9.17) is 20.8 Å². The molecule has 0 aliphatic carbocycles. The first-order chi connectivity index (χ1) is 14.6. The SMILES string of the molecule is O=C(COc1ccc(F)cc1)N1CCN(Cc2ncc(-c3ccc(Cl)cc3)o2)CC1. The Hall–Kier alpha value is -2.90. The van der Waals surface area contributed by atoms with Gasteiger partial charge in [0.1, 0.15) is 11.6 Å². The molecule has 0 bridgehead atoms. The van der Waals surface area contributed by atoms with E-state index in [9.17, 15) is 9.18 Å². The van der Waals surface area contributed by atoms with E-state index in [-0.39, 0.29) is 18.3 Å². The standard InChI is InChI=1S/C22H21ClFN3O3/c23-17-3-1-16(2-4-17)20-13-25-21(30-20)14-26-9-11-27(12-10-26)22(28)15-29-19-7-5-18(24)6-8-19/h1-8,13H,9-12,14-15H2. The highest BCUT2D eigenvalue weighted by Crippen LogP contribution is 2.23. The van der Waals surface area contributed by atoms with Crippen LogP contribution in [0.15, 0.2) is 59.1 Å². The molecule has 8 heteroatoms. The minimum atomic E-state index is -0.337. The lowest BCUT2D eigenvalue weighted by atomic mass is 10.2. The summed E-state index contributed by atoms with van der Waals surface area (Å²) in [5, 5.41) is 0.675. The average molecular weight is 430 g/mol. The first-order valence-electron chi connectivity index (χ1n) is 9.66. The Morgan fingerprint density at radius 1 is 1.07 bits per heavy atom. The second-order valence-electron chi connectivity index (χ2n) is 7.02. The third-order valence-electron chi connectivity index (χ3n) is 4.94. The molecule has 1 aromatic heterocycles. The number of ether oxygens (including phenoxy) is 1. The minimum absolute atomic E-state index is 0.0597. The number of halogens is 2. The van der Waals surface area contributed by atoms with E-state index < -0.39 is 0 Å². The molecule has 156 valence electrons. The Morgan fingerprint density at radius 2 is 1.77 bits per heavy atom. The van der Waals surface area contributed by atoms with Gasteiger partial charge in [-0.2, -0.15) is 0 Å². The molecule has 0 N–H and O–H groups in total. The van der Waals surface area contributed by atoms with Crippen molar-refractivity contribution in [3.05, 3.63) is 71.5 Å². The number of piperazine rings is 1. The maximum absolute atomic E-state index is 12.9. The highest BCUT2D eigenvalue weighted by molar-refractivity contribution is 6.30. The lowest BCUT2D eigenvalue weighted by molar-refractivity contribution is -0.135. The van der Waals surface area contributed by atoms with Crippen molar-refractivity contribution in [3.63, 3.8) is 0 Å². The Balaban J connectivity index is 1.24. The van der Waals surface area contributed by atoms with Crippen LogP contribution in [0.25, 0.3) is 11.3 Å². The van der Waals surface area contributed by atoms with E-state index in [0.29, 0.717) is 42.1 Å². The predicted molar refractivity (Wildman–Crippen MR) is 111 cm³/mol. The first kappa shape index (κ1) is 20.4. The lowest BCUT2D eigenvalue weighted by Gasteiger charge is -2.33. The zero-order valence-corrected chi connectivity index (χ0v) is 17.0. The van der Waals surface area contributed by atoms with Gasteiger partial charge in [0.25, 0.3) is 5.91 Å². The third kappa shape index (κ3) is 5.17. The summed E-state index contributed by atoms with van der Waals surface area (Å²) in [6, 6.07) is 13.0. The number of carbonyl (C=O) groups excluding carboxylic acids is 1. The van der Waals surface area contributed by atoms with Crippen LogP contribution in [-0.2, 0) is 11.3 Å². The molecule has 1 amide bonds. The van der Waals surface area contributed by atoms with Gasteiger partial charge in [-0.1, -0.05) is 11.6 Å². The number of carbonyl (C=O) groups is 1. The summed E-state index contributed by atoms with van der Waals surface area (Å²) in [6.45, 7) is 3.19. The molecular weight excluding hydrogens is 409 g/mol. The van der Waals surface area contributed by atoms with Crippen LogP contribution in [0.4, 0.5) is 4.39 Å². The minimum Gasteiger partial charge on any atom is -0.484 e. The number of amides is 1. The van der Waals surface area contributed by atoms with E-state index >= 15 is 0 Å². The summed E-state index contributed by atoms with van der Waals surface area (Å²) in [4.78, 5) is 20.7. The lowest BCUT2D eigenvalue weighted by Crippen LogP contribution is -2.49. The summed E-state index contributed by atoms with van der Waals surface area (Å²) in [6.07, 6.45) is 1.71. The van der Waals surface area contributed by atoms with Gasteiger partial charge >= 0.3 is 0 Å². The van der Waals surface area contributed by atoms with Gasteiger partial charge in [-0.15, -0.1) is 0 Å². The number of oxazole rings is 1. The van der Waals surface area contributed by atoms with Crippen LogP contribution in [-0.4, -0.2) is 53.5 Å². The van der Waals surface area contributed by atoms with Gasteiger partial charge in [0.2, 0.25) is 5.89 Å². The van der Waals surface area contributed by atoms with Crippen LogP contribution in [0.3, 0.4) is 0 Å². The van der Waals surface area contributed by atoms with Crippen molar-refractivity contribution < 1.29 is 18.3 Å². The molecule has 4 rings (SSSR count). The molecule has 0 atom stereocenters. The molecule has 2 aromatic carbocycles. The number of aromatic nitrogens is 1. The largest absolute Gasteiger partial charge is 0.484 e. The molecule has 0 unspecified atom stereocenters. The van der Waals surface area contributed by atoms with E-state index in [1.807, 2.05) is 24.3 Å². The summed E-state index contributed by atoms with van der Waals surface area (Å²) >= 11 is 5.92. The van der Waals surface area contributed by atoms with Crippen LogP contribution in [0.2, 0.25) is 5.02 Å². The van der Waals surface area contributed by atoms with Gasteiger partial charge < -0.3 is 14.1 Å². The Morgan fingerprint density at radius 3 is 2.47 bits per heavy atom. The van der Waals surface area contributed by atoms with Crippen LogP contribution in [0, 0.1) is 5.82 Å². The zero-order chi connectivity index (χ0) is 20.9. The molecule has 0 spiro atoms. The van der Waals surface area contributed by atoms with Crippen molar-refractivity contribution in [1.82, 2.24) is 14.8 Å². The normalized spacial score (nSPS) is 14.7. The molecule has 2 heterocycles. The molecule has 3 aromatic rings. The molecule has 0 radical (unpaired) electrons. The summed E-state index contributed by atoms with van der Waals surface area (Å²) in [5.74, 6) is 1.40. The second-order valence-corrected chi connectivity index (χ2v) is 7.46. The predicted octanol–water partition coefficient (Wildman–Crippen LogP) is 3.86. The van der Waals surface area contributed by atoms with Crippen molar-refractivity contribution in [1.29, 1.82) is 0 Å². The smallest absolute Gasteiger partial charge is 0.260 e. The molecule has 1 aliphatic heterocycles. The fourth-order valence-electron chi connectivity index (χ4n) is 3.24. The molecular formula is C22H21ClFN3O3. The van der Waals surface area contributed by atoms with Gasteiger partial charge in [0, 0.05) is 36.8 Å². The van der Waals surface area contributed by atoms with Crippen molar-refractivity contribution in [2.75, 3.05) is 32.8 Å². The van der Waals surface area contributed by atoms with E-state index in [2.05, 4.69) is 9.88 Å². The maximum Gasteiger partial charge on any atom is 0.260 e. The van der Waals surface area contributed by atoms with E-state index in [0.717, 1.165) is 18.7 Å². The van der Waals surface area contributed by atoms with Crippen LogP contribution in [0.5, 0.6) is 5.75 Å². The van der Waals surface area contributed by atoms with E-state index in [1.165, 1.54) is 24.3 Å². The van der Waals surface area contributed by atoms with Crippen molar-refractivity contribution in [2.24, 2.45) is 0 Å². The van der Waals surface area contributed by atoms with Crippen molar-refractivity contribution in [3.8, 4) is 17.1 Å². The van der Waals surface area contributed by atoms with Crippen LogP contribution >= 0.6 is 11.6 Å². The molecule has 1 fully saturated rings. The quantitative estimate of drug-likeness (QED) is 0.595. The van der Waals surface area contributed by atoms with Gasteiger partial charge in [-0.25, -0.2) is 9.37 Å². The van der Waals surface area contributed by atoms with Gasteiger partial charge in [0.05, 0.1) is 12.7 Å². The molecule has 30 heavy (non-hydrogen) atoms. The summed E-state index contributed by atoms with van der Waals surface area (Å²) in [5.41, 5.74) is 0.926. The number of hydrogen-bond acceptors (Lipinski definition) is 5. The average Bonchev–Trinajstić information content (AvgIpc) is 3.22. The topological polar surface area (TPSA) is 58.8 Å². The first-order valence-corrected chi connectivity index (χ1v) is 10.0. The number of nitrogens with zero attached hydrogens (tertiary/aromatic N) is 3. The van der Waals surface area contributed by atoms with Crippen molar-refractivity contribution in [2.45, 2.75) is 6.54 Å². The maximum atomic E-state index is 12.9. The third-order valence-corrected chi connectivity index (χ3v) is 5.19. The number of benzene rings is 2. The monoisotopic (exact) mass is 429 g/mol. The molecule has 1 aliphatic rings. The fraction of sp³-hybridized carbons (Fsp3) is 0.273. The summed E-state index contributed by atoms with van der Waals surface area (Å²) < 4.78 is 24.2. The van der Waals surface area contributed by atoms with Crippen LogP contribution < -0.4 is 4.74 Å². The Labute approximate surface area is 178 Å². The van der Waals surface area contributed by atoms with Crippen LogP contribution in [0.1, 0.15) is 5.89 Å². The Bertz CT molecular complexity index is 984. The zero-order valence-electron chi connectivity index (χ0n) is 16.3. The Kier molecular flexibility index (Phi) is 6.30. The molecule has 6 nitrogen and oxygen atoms in total. The second kappa shape index (κ2) is 9.28. The van der Waals surface area contributed by atoms with Crippen molar-refractivity contribution >= 4 is 17.5 Å².